The predicted molar refractivity (Wildman–Crippen MR) is 134 cm³/mol. The number of carbonyl (C=O) groups excluding carboxylic acids is 1. The van der Waals surface area contributed by atoms with Gasteiger partial charge < -0.3 is 19.0 Å². The van der Waals surface area contributed by atoms with Crippen LogP contribution in [0, 0.1) is 5.92 Å². The fraction of sp³-hybridized carbons (Fsp3) is 0.615. The van der Waals surface area contributed by atoms with Crippen LogP contribution in [0.1, 0.15) is 80.6 Å². The second-order valence-electron chi connectivity index (χ2n) is 11.7. The van der Waals surface area contributed by atoms with Gasteiger partial charge >= 0.3 is 13.2 Å². The van der Waals surface area contributed by atoms with E-state index in [0.29, 0.717) is 5.92 Å². The number of hydrogen-bond acceptors (Lipinski definition) is 5. The Kier molecular flexibility index (Phi) is 6.14. The van der Waals surface area contributed by atoms with E-state index in [2.05, 4.69) is 51.5 Å². The molecule has 7 nitrogen and oxygen atoms in total. The molecule has 4 rings (SSSR count). The maximum Gasteiger partial charge on any atom is 0.494 e. The largest absolute Gasteiger partial charge is 0.494 e. The highest BCUT2D eigenvalue weighted by atomic mass is 16.7. The Morgan fingerprint density at radius 2 is 1.71 bits per heavy atom. The lowest BCUT2D eigenvalue weighted by Crippen LogP contribution is -2.41. The van der Waals surface area contributed by atoms with Crippen molar-refractivity contribution in [1.29, 1.82) is 0 Å². The normalized spacial score (nSPS) is 26.2. The topological polar surface area (TPSA) is 76.7 Å². The molecule has 8 heteroatoms. The van der Waals surface area contributed by atoms with Gasteiger partial charge in [0.15, 0.2) is 0 Å². The summed E-state index contributed by atoms with van der Waals surface area (Å²) in [6.45, 7) is 18.1. The lowest BCUT2D eigenvalue weighted by Gasteiger charge is -2.32. The highest BCUT2D eigenvalue weighted by Crippen LogP contribution is 2.40. The third-order valence-corrected chi connectivity index (χ3v) is 7.46. The maximum absolute atomic E-state index is 13.0. The summed E-state index contributed by atoms with van der Waals surface area (Å²) in [7, 11) is -0.389. The highest BCUT2D eigenvalue weighted by molar-refractivity contribution is 6.62. The number of aromatic amines is 1. The van der Waals surface area contributed by atoms with Crippen LogP contribution in [0.4, 0.5) is 4.79 Å². The fourth-order valence-electron chi connectivity index (χ4n) is 4.52. The Morgan fingerprint density at radius 1 is 1.12 bits per heavy atom. The Morgan fingerprint density at radius 3 is 2.26 bits per heavy atom. The summed E-state index contributed by atoms with van der Waals surface area (Å²) in [5.74, 6) is 1.14. The highest BCUT2D eigenvalue weighted by Gasteiger charge is 2.51. The van der Waals surface area contributed by atoms with Crippen molar-refractivity contribution in [2.24, 2.45) is 5.92 Å². The molecule has 184 valence electrons. The number of ether oxygens (including phenoxy) is 1. The molecular formula is C26H38BN3O4. The molecule has 0 bridgehead atoms. The molecule has 2 fully saturated rings. The molecule has 1 unspecified atom stereocenters. The van der Waals surface area contributed by atoms with Gasteiger partial charge in [0.25, 0.3) is 0 Å². The third kappa shape index (κ3) is 4.62. The van der Waals surface area contributed by atoms with Crippen molar-refractivity contribution in [3.63, 3.8) is 0 Å². The average molecular weight is 467 g/mol. The van der Waals surface area contributed by atoms with Gasteiger partial charge in [0, 0.05) is 6.04 Å². The number of hydrogen-bond donors (Lipinski definition) is 1. The number of nitrogens with zero attached hydrogens (tertiary/aromatic N) is 2. The van der Waals surface area contributed by atoms with Gasteiger partial charge in [0.05, 0.1) is 29.1 Å². The number of nitrogens with one attached hydrogen (secondary N) is 1. The molecule has 2 aliphatic heterocycles. The van der Waals surface area contributed by atoms with Crippen LogP contribution in [0.2, 0.25) is 0 Å². The zero-order valence-electron chi connectivity index (χ0n) is 21.9. The molecule has 1 amide bonds. The van der Waals surface area contributed by atoms with E-state index in [1.807, 2.05) is 56.1 Å². The van der Waals surface area contributed by atoms with E-state index in [1.165, 1.54) is 0 Å². The van der Waals surface area contributed by atoms with Crippen molar-refractivity contribution < 1.29 is 18.8 Å². The first-order valence-corrected chi connectivity index (χ1v) is 12.2. The van der Waals surface area contributed by atoms with Gasteiger partial charge in [0.2, 0.25) is 0 Å². The SMILES string of the molecule is CC1C[C@@H](c2ncc(-c3ccc(B4OC(C)(C)C(C)(C)O4)cc3)[nH]2)N(C(=O)OC(C)(C)C)[C@@H]1C. The zero-order valence-corrected chi connectivity index (χ0v) is 21.9. The molecule has 0 spiro atoms. The van der Waals surface area contributed by atoms with E-state index in [-0.39, 0.29) is 36.5 Å². The molecular weight excluding hydrogens is 429 g/mol. The molecule has 1 aromatic carbocycles. The molecule has 1 N–H and O–H groups in total. The number of carbonyl (C=O) groups is 1. The van der Waals surface area contributed by atoms with E-state index in [4.69, 9.17) is 14.0 Å². The average Bonchev–Trinajstić information content (AvgIpc) is 3.36. The third-order valence-electron chi connectivity index (χ3n) is 7.46. The number of rotatable bonds is 3. The summed E-state index contributed by atoms with van der Waals surface area (Å²) in [5, 5.41) is 0. The summed E-state index contributed by atoms with van der Waals surface area (Å²) in [6, 6.07) is 8.09. The fourth-order valence-corrected chi connectivity index (χ4v) is 4.52. The van der Waals surface area contributed by atoms with Gasteiger partial charge in [-0.05, 0) is 78.8 Å². The standard InChI is InChI=1S/C26H38BN3O4/c1-16-14-21(30(17(16)2)23(31)32-24(3,4)5)22-28-15-20(29-22)18-10-12-19(13-11-18)27-33-25(6,7)26(8,9)34-27/h10-13,15-17,21H,14H2,1-9H3,(H,28,29)/t16?,17-,21+/m1/s1. The van der Waals surface area contributed by atoms with E-state index >= 15 is 0 Å². The molecule has 0 saturated carbocycles. The van der Waals surface area contributed by atoms with Crippen LogP contribution in [0.15, 0.2) is 30.5 Å². The Balaban J connectivity index is 1.52. The molecule has 0 aliphatic carbocycles. The second kappa shape index (κ2) is 8.42. The smallest absolute Gasteiger partial charge is 0.444 e. The molecule has 2 saturated heterocycles. The number of H-pyrrole nitrogens is 1. The second-order valence-corrected chi connectivity index (χ2v) is 11.7. The number of imidazole rings is 1. The van der Waals surface area contributed by atoms with Crippen LogP contribution in [-0.2, 0) is 14.0 Å². The number of likely N-dealkylation sites (tertiary alicyclic amines) is 1. The number of amides is 1. The van der Waals surface area contributed by atoms with Crippen molar-refractivity contribution >= 4 is 18.7 Å². The van der Waals surface area contributed by atoms with Crippen LogP contribution < -0.4 is 5.46 Å². The first-order chi connectivity index (χ1) is 15.7. The zero-order chi connectivity index (χ0) is 25.1. The van der Waals surface area contributed by atoms with Crippen molar-refractivity contribution in [2.75, 3.05) is 0 Å². The quantitative estimate of drug-likeness (QED) is 0.637. The van der Waals surface area contributed by atoms with Gasteiger partial charge in [-0.1, -0.05) is 31.2 Å². The van der Waals surface area contributed by atoms with E-state index in [0.717, 1.165) is 29.0 Å². The van der Waals surface area contributed by atoms with Crippen molar-refractivity contribution in [1.82, 2.24) is 14.9 Å². The number of benzene rings is 1. The summed E-state index contributed by atoms with van der Waals surface area (Å²) in [5.41, 5.74) is 1.62. The molecule has 34 heavy (non-hydrogen) atoms. The first-order valence-electron chi connectivity index (χ1n) is 12.2. The molecule has 2 aliphatic rings. The van der Waals surface area contributed by atoms with Crippen molar-refractivity contribution in [3.8, 4) is 11.3 Å². The molecule has 0 radical (unpaired) electrons. The molecule has 1 aromatic heterocycles. The summed E-state index contributed by atoms with van der Waals surface area (Å²) >= 11 is 0. The lowest BCUT2D eigenvalue weighted by molar-refractivity contribution is 0.00578. The Labute approximate surface area is 203 Å². The van der Waals surface area contributed by atoms with Gasteiger partial charge in [-0.15, -0.1) is 0 Å². The minimum absolute atomic E-state index is 0.0765. The van der Waals surface area contributed by atoms with E-state index in [1.54, 1.807) is 0 Å². The first kappa shape index (κ1) is 24.8. The van der Waals surface area contributed by atoms with Crippen LogP contribution in [-0.4, -0.2) is 50.9 Å². The molecule has 3 heterocycles. The minimum Gasteiger partial charge on any atom is -0.444 e. The maximum atomic E-state index is 13.0. The van der Waals surface area contributed by atoms with Gasteiger partial charge in [0.1, 0.15) is 11.4 Å². The van der Waals surface area contributed by atoms with E-state index in [9.17, 15) is 4.79 Å². The van der Waals surface area contributed by atoms with Crippen molar-refractivity contribution in [3.05, 3.63) is 36.3 Å². The lowest BCUT2D eigenvalue weighted by atomic mass is 9.79. The Bertz CT molecular complexity index is 1030. The van der Waals surface area contributed by atoms with Crippen LogP contribution >= 0.6 is 0 Å². The van der Waals surface area contributed by atoms with Crippen molar-refractivity contribution in [2.45, 2.75) is 97.6 Å². The van der Waals surface area contributed by atoms with Crippen LogP contribution in [0.25, 0.3) is 11.3 Å². The van der Waals surface area contributed by atoms with Crippen LogP contribution in [0.5, 0.6) is 0 Å². The minimum atomic E-state index is -0.541. The van der Waals surface area contributed by atoms with Gasteiger partial charge in [-0.3, -0.25) is 4.90 Å². The summed E-state index contributed by atoms with van der Waals surface area (Å²) < 4.78 is 18.0. The Hall–Kier alpha value is -2.32. The number of aromatic nitrogens is 2. The van der Waals surface area contributed by atoms with Crippen LogP contribution in [0.3, 0.4) is 0 Å². The monoisotopic (exact) mass is 467 g/mol. The molecule has 3 atom stereocenters. The summed E-state index contributed by atoms with van der Waals surface area (Å²) in [4.78, 5) is 22.9. The van der Waals surface area contributed by atoms with Gasteiger partial charge in [-0.2, -0.15) is 0 Å². The van der Waals surface area contributed by atoms with E-state index < -0.39 is 5.60 Å². The molecule has 2 aromatic rings. The predicted octanol–water partition coefficient (Wildman–Crippen LogP) is 5.08. The van der Waals surface area contributed by atoms with Gasteiger partial charge in [-0.25, -0.2) is 9.78 Å². The summed E-state index contributed by atoms with van der Waals surface area (Å²) in [6.07, 6.45) is 2.38.